The molecule has 1 fully saturated rings. The van der Waals surface area contributed by atoms with Crippen molar-refractivity contribution in [2.24, 2.45) is 4.99 Å². The Morgan fingerprint density at radius 3 is 2.69 bits per heavy atom. The molecule has 1 aromatic carbocycles. The van der Waals surface area contributed by atoms with E-state index in [0.717, 1.165) is 32.0 Å². The average Bonchev–Trinajstić information content (AvgIpc) is 3.09. The minimum Gasteiger partial charge on any atom is -0.450 e. The number of amides is 1. The van der Waals surface area contributed by atoms with Crippen molar-refractivity contribution in [1.29, 1.82) is 0 Å². The van der Waals surface area contributed by atoms with Gasteiger partial charge < -0.3 is 24.8 Å². The molecule has 0 unspecified atom stereocenters. The minimum atomic E-state index is -0.227. The number of aliphatic imine (C=N–C) groups is 1. The van der Waals surface area contributed by atoms with Crippen molar-refractivity contribution in [1.82, 2.24) is 20.1 Å². The van der Waals surface area contributed by atoms with Crippen LogP contribution in [0.4, 0.5) is 4.79 Å². The molecule has 0 saturated carbocycles. The van der Waals surface area contributed by atoms with E-state index in [4.69, 9.17) is 4.74 Å². The fraction of sp³-hybridized carbons (Fsp3) is 0.474. The van der Waals surface area contributed by atoms with Crippen molar-refractivity contribution in [2.45, 2.75) is 13.3 Å². The van der Waals surface area contributed by atoms with Crippen molar-refractivity contribution in [2.75, 3.05) is 46.4 Å². The van der Waals surface area contributed by atoms with Gasteiger partial charge in [0.2, 0.25) is 0 Å². The lowest BCUT2D eigenvalue weighted by atomic mass is 10.1. The summed E-state index contributed by atoms with van der Waals surface area (Å²) in [6, 6.07) is 8.34. The molecule has 26 heavy (non-hydrogen) atoms. The van der Waals surface area contributed by atoms with Gasteiger partial charge >= 0.3 is 6.09 Å². The maximum absolute atomic E-state index is 11.8. The number of fused-ring (bicyclic) bond motifs is 1. The number of carbonyl (C=O) groups is 1. The first-order valence-electron chi connectivity index (χ1n) is 9.15. The summed E-state index contributed by atoms with van der Waals surface area (Å²) in [7, 11) is 1.80. The normalized spacial score (nSPS) is 15.4. The molecule has 1 aliphatic heterocycles. The fourth-order valence-corrected chi connectivity index (χ4v) is 3.30. The molecular formula is C19H27N5O2. The molecule has 0 spiro atoms. The van der Waals surface area contributed by atoms with E-state index in [1.165, 1.54) is 16.5 Å². The van der Waals surface area contributed by atoms with Gasteiger partial charge in [-0.25, -0.2) is 4.79 Å². The summed E-state index contributed by atoms with van der Waals surface area (Å²) in [5.41, 5.74) is 2.47. The minimum absolute atomic E-state index is 0.227. The highest BCUT2D eigenvalue weighted by molar-refractivity contribution is 5.83. The van der Waals surface area contributed by atoms with Crippen molar-refractivity contribution >= 4 is 23.0 Å². The topological polar surface area (TPSA) is 73.0 Å². The summed E-state index contributed by atoms with van der Waals surface area (Å²) in [6.45, 7) is 5.87. The molecule has 0 atom stereocenters. The SMILES string of the molecule is CCOC(=O)N1CCN(C(=NC)NCCc2c[nH]c3ccccc23)CC1. The Hall–Kier alpha value is -2.70. The standard InChI is InChI=1S/C19H27N5O2/c1-3-26-19(25)24-12-10-23(11-13-24)18(20-2)21-9-8-15-14-22-17-7-5-4-6-16(15)17/h4-7,14,22H,3,8-13H2,1-2H3,(H,20,21). The Bertz CT molecular complexity index is 762. The van der Waals surface area contributed by atoms with E-state index in [-0.39, 0.29) is 6.09 Å². The summed E-state index contributed by atoms with van der Waals surface area (Å²) in [6.07, 6.45) is 2.77. The van der Waals surface area contributed by atoms with Gasteiger partial charge in [-0.1, -0.05) is 18.2 Å². The molecule has 1 saturated heterocycles. The Kier molecular flexibility index (Phi) is 5.99. The zero-order valence-electron chi connectivity index (χ0n) is 15.5. The van der Waals surface area contributed by atoms with E-state index in [1.807, 2.05) is 13.0 Å². The smallest absolute Gasteiger partial charge is 0.409 e. The number of H-pyrrole nitrogens is 1. The number of piperazine rings is 1. The fourth-order valence-electron chi connectivity index (χ4n) is 3.30. The molecule has 1 aliphatic rings. The molecule has 2 N–H and O–H groups in total. The van der Waals surface area contributed by atoms with E-state index in [1.54, 1.807) is 11.9 Å². The summed E-state index contributed by atoms with van der Waals surface area (Å²) >= 11 is 0. The van der Waals surface area contributed by atoms with Gasteiger partial charge in [0.05, 0.1) is 6.61 Å². The van der Waals surface area contributed by atoms with E-state index < -0.39 is 0 Å². The summed E-state index contributed by atoms with van der Waals surface area (Å²) in [5, 5.41) is 4.71. The number of para-hydroxylation sites is 1. The summed E-state index contributed by atoms with van der Waals surface area (Å²) in [4.78, 5) is 23.4. The van der Waals surface area contributed by atoms with Crippen molar-refractivity contribution in [3.05, 3.63) is 36.0 Å². The predicted octanol–water partition coefficient (Wildman–Crippen LogP) is 2.06. The van der Waals surface area contributed by atoms with Gasteiger partial charge in [-0.3, -0.25) is 4.99 Å². The third-order valence-electron chi connectivity index (χ3n) is 4.67. The number of benzene rings is 1. The first kappa shape index (κ1) is 18.1. The van der Waals surface area contributed by atoms with Crippen LogP contribution >= 0.6 is 0 Å². The number of ether oxygens (including phenoxy) is 1. The van der Waals surface area contributed by atoms with Crippen molar-refractivity contribution in [3.8, 4) is 0 Å². The predicted molar refractivity (Wildman–Crippen MR) is 104 cm³/mol. The van der Waals surface area contributed by atoms with Gasteiger partial charge in [0.1, 0.15) is 0 Å². The lowest BCUT2D eigenvalue weighted by Gasteiger charge is -2.35. The van der Waals surface area contributed by atoms with E-state index in [0.29, 0.717) is 19.7 Å². The van der Waals surface area contributed by atoms with Crippen LogP contribution in [0.25, 0.3) is 10.9 Å². The third kappa shape index (κ3) is 4.09. The Labute approximate surface area is 154 Å². The highest BCUT2D eigenvalue weighted by Crippen LogP contribution is 2.17. The number of hydrogen-bond donors (Lipinski definition) is 2. The summed E-state index contributed by atoms with van der Waals surface area (Å²) in [5.74, 6) is 0.883. The number of carbonyl (C=O) groups excluding carboxylic acids is 1. The molecule has 7 heteroatoms. The van der Waals surface area contributed by atoms with Gasteiger partial charge in [-0.05, 0) is 25.0 Å². The lowest BCUT2D eigenvalue weighted by molar-refractivity contribution is 0.0915. The molecule has 1 aromatic heterocycles. The molecule has 3 rings (SSSR count). The number of nitrogens with zero attached hydrogens (tertiary/aromatic N) is 3. The van der Waals surface area contributed by atoms with Gasteiger partial charge in [0, 0.05) is 56.9 Å². The number of nitrogens with one attached hydrogen (secondary N) is 2. The molecule has 0 bridgehead atoms. The number of rotatable bonds is 4. The van der Waals surface area contributed by atoms with Crippen LogP contribution in [0.2, 0.25) is 0 Å². The highest BCUT2D eigenvalue weighted by atomic mass is 16.6. The molecule has 0 aliphatic carbocycles. The van der Waals surface area contributed by atoms with Crippen LogP contribution in [0, 0.1) is 0 Å². The second kappa shape index (κ2) is 8.60. The second-order valence-corrected chi connectivity index (χ2v) is 6.26. The van der Waals surface area contributed by atoms with Crippen LogP contribution in [0.1, 0.15) is 12.5 Å². The maximum Gasteiger partial charge on any atom is 0.409 e. The van der Waals surface area contributed by atoms with Crippen molar-refractivity contribution < 1.29 is 9.53 Å². The van der Waals surface area contributed by atoms with Crippen LogP contribution in [0.15, 0.2) is 35.5 Å². The molecule has 1 amide bonds. The second-order valence-electron chi connectivity index (χ2n) is 6.26. The Morgan fingerprint density at radius 2 is 1.96 bits per heavy atom. The maximum atomic E-state index is 11.8. The zero-order valence-corrected chi connectivity index (χ0v) is 15.5. The first-order chi connectivity index (χ1) is 12.7. The number of aromatic amines is 1. The van der Waals surface area contributed by atoms with Gasteiger partial charge in [-0.15, -0.1) is 0 Å². The molecule has 2 heterocycles. The zero-order chi connectivity index (χ0) is 18.4. The number of aromatic nitrogens is 1. The number of hydrogen-bond acceptors (Lipinski definition) is 3. The third-order valence-corrected chi connectivity index (χ3v) is 4.67. The molecule has 0 radical (unpaired) electrons. The highest BCUT2D eigenvalue weighted by Gasteiger charge is 2.23. The lowest BCUT2D eigenvalue weighted by Crippen LogP contribution is -2.54. The Balaban J connectivity index is 1.49. The van der Waals surface area contributed by atoms with Gasteiger partial charge in [0.15, 0.2) is 5.96 Å². The van der Waals surface area contributed by atoms with Crippen molar-refractivity contribution in [3.63, 3.8) is 0 Å². The summed E-state index contributed by atoms with van der Waals surface area (Å²) < 4.78 is 5.06. The quantitative estimate of drug-likeness (QED) is 0.649. The number of guanidine groups is 1. The van der Waals surface area contributed by atoms with Crippen LogP contribution in [0.3, 0.4) is 0 Å². The van der Waals surface area contributed by atoms with Crippen LogP contribution in [0.5, 0.6) is 0 Å². The van der Waals surface area contributed by atoms with E-state index in [2.05, 4.69) is 44.6 Å². The monoisotopic (exact) mass is 357 g/mol. The molecule has 140 valence electrons. The van der Waals surface area contributed by atoms with Crippen LogP contribution in [-0.4, -0.2) is 73.2 Å². The van der Waals surface area contributed by atoms with Crippen LogP contribution in [-0.2, 0) is 11.2 Å². The van der Waals surface area contributed by atoms with E-state index in [9.17, 15) is 4.79 Å². The largest absolute Gasteiger partial charge is 0.450 e. The molecule has 2 aromatic rings. The first-order valence-corrected chi connectivity index (χ1v) is 9.15. The molecular weight excluding hydrogens is 330 g/mol. The Morgan fingerprint density at radius 1 is 1.23 bits per heavy atom. The average molecular weight is 357 g/mol. The molecule has 7 nitrogen and oxygen atoms in total. The van der Waals surface area contributed by atoms with Gasteiger partial charge in [0.25, 0.3) is 0 Å². The van der Waals surface area contributed by atoms with E-state index >= 15 is 0 Å². The van der Waals surface area contributed by atoms with Crippen LogP contribution < -0.4 is 5.32 Å². The van der Waals surface area contributed by atoms with Gasteiger partial charge in [-0.2, -0.15) is 0 Å².